The molecule has 0 aliphatic carbocycles. The van der Waals surface area contributed by atoms with Crippen LogP contribution in [-0.2, 0) is 6.54 Å². The van der Waals surface area contributed by atoms with Crippen molar-refractivity contribution in [3.8, 4) is 0 Å². The fraction of sp³-hybridized carbons (Fsp3) is 0.125. The average molecular weight is 398 g/mol. The highest BCUT2D eigenvalue weighted by Gasteiger charge is 2.24. The smallest absolute Gasteiger partial charge is 0.287 e. The third kappa shape index (κ3) is 3.80. The second-order valence-corrected chi connectivity index (χ2v) is 7.11. The number of benzene rings is 2. The Hall–Kier alpha value is -3.93. The van der Waals surface area contributed by atoms with Crippen molar-refractivity contribution in [2.24, 2.45) is 0 Å². The number of hydrogen-bond acceptors (Lipinski definition) is 3. The Labute approximate surface area is 174 Å². The van der Waals surface area contributed by atoms with Gasteiger partial charge >= 0.3 is 0 Å². The fourth-order valence-electron chi connectivity index (χ4n) is 3.25. The molecule has 2 aromatic carbocycles. The van der Waals surface area contributed by atoms with Gasteiger partial charge in [-0.3, -0.25) is 14.0 Å². The van der Waals surface area contributed by atoms with E-state index in [0.29, 0.717) is 12.1 Å². The van der Waals surface area contributed by atoms with Crippen LogP contribution in [0.4, 0.5) is 5.69 Å². The number of nitrogens with zero attached hydrogens (tertiary/aromatic N) is 3. The number of carbonyl (C=O) groups is 2. The summed E-state index contributed by atoms with van der Waals surface area (Å²) < 4.78 is 1.65. The minimum Gasteiger partial charge on any atom is -0.345 e. The maximum Gasteiger partial charge on any atom is 0.287 e. The quantitative estimate of drug-likeness (QED) is 0.555. The molecule has 2 aromatic heterocycles. The number of fused-ring (bicyclic) bond motifs is 1. The molecule has 0 aliphatic rings. The zero-order valence-electron chi connectivity index (χ0n) is 16.9. The first kappa shape index (κ1) is 19.4. The topological polar surface area (TPSA) is 66.7 Å². The summed E-state index contributed by atoms with van der Waals surface area (Å²) in [6.45, 7) is 2.40. The summed E-state index contributed by atoms with van der Waals surface area (Å²) in [5.41, 5.74) is 3.74. The lowest BCUT2D eigenvalue weighted by Gasteiger charge is -2.16. The predicted octanol–water partition coefficient (Wildman–Crippen LogP) is 3.85. The number of hydrogen-bond donors (Lipinski definition) is 1. The largest absolute Gasteiger partial charge is 0.345 e. The molecule has 1 N–H and O–H groups in total. The van der Waals surface area contributed by atoms with Gasteiger partial charge < -0.3 is 10.2 Å². The Morgan fingerprint density at radius 2 is 1.67 bits per heavy atom. The normalized spacial score (nSPS) is 10.7. The molecule has 2 heterocycles. The number of nitrogens with one attached hydrogen (secondary N) is 1. The van der Waals surface area contributed by atoms with Crippen molar-refractivity contribution in [1.29, 1.82) is 0 Å². The molecule has 0 unspecified atom stereocenters. The van der Waals surface area contributed by atoms with E-state index >= 15 is 0 Å². The lowest BCUT2D eigenvalue weighted by atomic mass is 10.1. The van der Waals surface area contributed by atoms with E-state index in [0.717, 1.165) is 16.8 Å². The molecule has 0 radical (unpaired) electrons. The zero-order valence-corrected chi connectivity index (χ0v) is 16.9. The van der Waals surface area contributed by atoms with E-state index in [-0.39, 0.29) is 23.3 Å². The first-order valence-corrected chi connectivity index (χ1v) is 9.68. The highest BCUT2D eigenvalue weighted by atomic mass is 16.2. The van der Waals surface area contributed by atoms with E-state index in [4.69, 9.17) is 0 Å². The van der Waals surface area contributed by atoms with Crippen LogP contribution < -0.4 is 10.2 Å². The van der Waals surface area contributed by atoms with Crippen molar-refractivity contribution in [3.05, 3.63) is 102 Å². The molecule has 30 heavy (non-hydrogen) atoms. The number of pyridine rings is 1. The summed E-state index contributed by atoms with van der Waals surface area (Å²) in [6.07, 6.45) is 1.74. The van der Waals surface area contributed by atoms with Crippen LogP contribution in [0.3, 0.4) is 0 Å². The van der Waals surface area contributed by atoms with Gasteiger partial charge in [-0.25, -0.2) is 4.98 Å². The number of amides is 2. The minimum absolute atomic E-state index is 0.183. The first-order valence-electron chi connectivity index (χ1n) is 9.68. The van der Waals surface area contributed by atoms with Crippen LogP contribution in [0, 0.1) is 6.92 Å². The molecule has 6 heteroatoms. The third-order valence-corrected chi connectivity index (χ3v) is 4.98. The maximum absolute atomic E-state index is 13.1. The number of carbonyl (C=O) groups excluding carboxylic acids is 2. The summed E-state index contributed by atoms with van der Waals surface area (Å²) in [5.74, 6) is -0.428. The van der Waals surface area contributed by atoms with Gasteiger partial charge in [0.15, 0.2) is 5.69 Å². The lowest BCUT2D eigenvalue weighted by molar-refractivity contribution is 0.0940. The monoisotopic (exact) mass is 398 g/mol. The van der Waals surface area contributed by atoms with Crippen LogP contribution in [0.2, 0.25) is 0 Å². The van der Waals surface area contributed by atoms with Crippen molar-refractivity contribution in [3.63, 3.8) is 0 Å². The van der Waals surface area contributed by atoms with Gasteiger partial charge in [-0.15, -0.1) is 0 Å². The van der Waals surface area contributed by atoms with Gasteiger partial charge in [-0.05, 0) is 36.8 Å². The van der Waals surface area contributed by atoms with E-state index in [2.05, 4.69) is 10.3 Å². The number of aromatic nitrogens is 2. The molecule has 0 atom stereocenters. The zero-order chi connectivity index (χ0) is 21.1. The van der Waals surface area contributed by atoms with Crippen molar-refractivity contribution in [1.82, 2.24) is 14.7 Å². The highest BCUT2D eigenvalue weighted by Crippen LogP contribution is 2.19. The molecule has 0 spiro atoms. The molecule has 0 bridgehead atoms. The minimum atomic E-state index is -0.335. The van der Waals surface area contributed by atoms with Gasteiger partial charge in [0.2, 0.25) is 5.82 Å². The Balaban J connectivity index is 1.62. The number of para-hydroxylation sites is 1. The molecular weight excluding hydrogens is 376 g/mol. The van der Waals surface area contributed by atoms with Crippen LogP contribution in [0.1, 0.15) is 32.2 Å². The van der Waals surface area contributed by atoms with Crippen LogP contribution in [-0.4, -0.2) is 28.2 Å². The van der Waals surface area contributed by atoms with E-state index in [1.54, 1.807) is 29.8 Å². The van der Waals surface area contributed by atoms with Gasteiger partial charge in [0.1, 0.15) is 0 Å². The van der Waals surface area contributed by atoms with Gasteiger partial charge in [-0.1, -0.05) is 54.1 Å². The second kappa shape index (κ2) is 8.21. The summed E-state index contributed by atoms with van der Waals surface area (Å²) in [6, 6.07) is 22.7. The molecule has 4 rings (SSSR count). The number of anilines is 1. The molecule has 0 saturated carbocycles. The van der Waals surface area contributed by atoms with Gasteiger partial charge in [0.05, 0.1) is 5.52 Å². The molecule has 150 valence electrons. The Bertz CT molecular complexity index is 1200. The lowest BCUT2D eigenvalue weighted by Crippen LogP contribution is -2.27. The van der Waals surface area contributed by atoms with Crippen molar-refractivity contribution in [2.75, 3.05) is 11.9 Å². The summed E-state index contributed by atoms with van der Waals surface area (Å²) in [4.78, 5) is 31.9. The molecular formula is C24H22N4O2. The summed E-state index contributed by atoms with van der Waals surface area (Å²) in [7, 11) is 1.70. The van der Waals surface area contributed by atoms with Crippen molar-refractivity contribution in [2.45, 2.75) is 13.5 Å². The van der Waals surface area contributed by atoms with E-state index in [1.165, 1.54) is 4.90 Å². The number of aryl methyl sites for hydroxylation is 1. The molecule has 6 nitrogen and oxygen atoms in total. The Morgan fingerprint density at radius 1 is 0.967 bits per heavy atom. The summed E-state index contributed by atoms with van der Waals surface area (Å²) in [5, 5.41) is 2.89. The fourth-order valence-corrected chi connectivity index (χ4v) is 3.25. The molecule has 0 fully saturated rings. The second-order valence-electron chi connectivity index (χ2n) is 7.11. The Kier molecular flexibility index (Phi) is 5.30. The predicted molar refractivity (Wildman–Crippen MR) is 117 cm³/mol. The van der Waals surface area contributed by atoms with Gasteiger partial charge in [0.25, 0.3) is 11.8 Å². The van der Waals surface area contributed by atoms with Crippen LogP contribution >= 0.6 is 0 Å². The maximum atomic E-state index is 13.1. The molecule has 0 saturated heterocycles. The molecule has 4 aromatic rings. The van der Waals surface area contributed by atoms with E-state index in [1.807, 2.05) is 67.6 Å². The van der Waals surface area contributed by atoms with Crippen molar-refractivity contribution < 1.29 is 9.59 Å². The highest BCUT2D eigenvalue weighted by molar-refractivity contribution is 6.10. The van der Waals surface area contributed by atoms with E-state index < -0.39 is 0 Å². The number of imidazole rings is 1. The van der Waals surface area contributed by atoms with Gasteiger partial charge in [0, 0.05) is 25.5 Å². The van der Waals surface area contributed by atoms with Crippen LogP contribution in [0.15, 0.2) is 79.0 Å². The number of rotatable bonds is 5. The third-order valence-electron chi connectivity index (χ3n) is 4.98. The van der Waals surface area contributed by atoms with Crippen LogP contribution in [0.25, 0.3) is 5.52 Å². The standard InChI is InChI=1S/C24H22N4O2/c1-17-11-13-18(14-12-17)16-25-23(29)22-26-21(20-10-6-7-15-28(20)22)24(30)27(2)19-8-4-3-5-9-19/h3-15H,16H2,1-2H3,(H,25,29). The SMILES string of the molecule is Cc1ccc(CNC(=O)c2nc(C(=O)N(C)c3ccccc3)c3ccccn23)cc1. The van der Waals surface area contributed by atoms with Gasteiger partial charge in [-0.2, -0.15) is 0 Å². The van der Waals surface area contributed by atoms with Crippen LogP contribution in [0.5, 0.6) is 0 Å². The molecule has 2 amide bonds. The average Bonchev–Trinajstić information content (AvgIpc) is 3.18. The Morgan fingerprint density at radius 3 is 2.40 bits per heavy atom. The van der Waals surface area contributed by atoms with Crippen molar-refractivity contribution >= 4 is 23.0 Å². The molecule has 0 aliphatic heterocycles. The summed E-state index contributed by atoms with van der Waals surface area (Å²) >= 11 is 0. The first-order chi connectivity index (χ1) is 14.5. The van der Waals surface area contributed by atoms with E-state index in [9.17, 15) is 9.59 Å².